The van der Waals surface area contributed by atoms with Crippen LogP contribution in [-0.2, 0) is 4.79 Å². The molecule has 0 aliphatic carbocycles. The average molecular weight is 436 g/mol. The minimum Gasteiger partial charge on any atom is -0.493 e. The lowest BCUT2D eigenvalue weighted by atomic mass is 10.2. The number of anilines is 1. The minimum absolute atomic E-state index is 0.262. The molecule has 0 spiro atoms. The Labute approximate surface area is 166 Å². The molecule has 2 N–H and O–H groups in total. The van der Waals surface area contributed by atoms with Gasteiger partial charge >= 0.3 is 0 Å². The Kier molecular flexibility index (Phi) is 7.48. The average Bonchev–Trinajstić information content (AvgIpc) is 2.68. The van der Waals surface area contributed by atoms with E-state index in [1.54, 1.807) is 19.1 Å². The van der Waals surface area contributed by atoms with Gasteiger partial charge in [-0.2, -0.15) is 5.10 Å². The van der Waals surface area contributed by atoms with Gasteiger partial charge in [-0.25, -0.2) is 5.43 Å². The number of benzene rings is 2. The molecule has 0 aromatic heterocycles. The molecule has 0 saturated carbocycles. The van der Waals surface area contributed by atoms with Crippen LogP contribution in [0.4, 0.5) is 5.69 Å². The first-order valence-electron chi connectivity index (χ1n) is 8.13. The Morgan fingerprint density at radius 2 is 1.67 bits per heavy atom. The second-order valence-electron chi connectivity index (χ2n) is 5.57. The molecular weight excluding hydrogens is 414 g/mol. The number of carbonyl (C=O) groups is 1. The number of hydrogen-bond donors (Lipinski definition) is 2. The van der Waals surface area contributed by atoms with Gasteiger partial charge in [0.15, 0.2) is 11.5 Å². The maximum atomic E-state index is 12.2. The van der Waals surface area contributed by atoms with Crippen LogP contribution in [0.3, 0.4) is 0 Å². The van der Waals surface area contributed by atoms with Crippen molar-refractivity contribution in [3.8, 4) is 17.2 Å². The molecule has 0 radical (unpaired) electrons. The lowest BCUT2D eigenvalue weighted by Gasteiger charge is -2.14. The number of methoxy groups -OCH3 is 3. The van der Waals surface area contributed by atoms with E-state index in [1.165, 1.54) is 27.5 Å². The Morgan fingerprint density at radius 1 is 1.07 bits per heavy atom. The van der Waals surface area contributed by atoms with Gasteiger partial charge in [-0.1, -0.05) is 15.9 Å². The van der Waals surface area contributed by atoms with Crippen LogP contribution >= 0.6 is 15.9 Å². The normalized spacial score (nSPS) is 11.7. The van der Waals surface area contributed by atoms with Crippen molar-refractivity contribution < 1.29 is 19.0 Å². The monoisotopic (exact) mass is 435 g/mol. The summed E-state index contributed by atoms with van der Waals surface area (Å²) in [6, 6.07) is 10.6. The van der Waals surface area contributed by atoms with Crippen LogP contribution in [0.1, 0.15) is 12.5 Å². The third-order valence-corrected chi connectivity index (χ3v) is 4.22. The predicted molar refractivity (Wildman–Crippen MR) is 109 cm³/mol. The lowest BCUT2D eigenvalue weighted by Crippen LogP contribution is -2.34. The highest BCUT2D eigenvalue weighted by Gasteiger charge is 2.13. The Balaban J connectivity index is 2.01. The number of ether oxygens (including phenoxy) is 3. The van der Waals surface area contributed by atoms with Gasteiger partial charge in [-0.3, -0.25) is 4.79 Å². The molecule has 2 aromatic carbocycles. The molecule has 27 heavy (non-hydrogen) atoms. The zero-order valence-electron chi connectivity index (χ0n) is 15.6. The Morgan fingerprint density at radius 3 is 2.19 bits per heavy atom. The third-order valence-electron chi connectivity index (χ3n) is 3.70. The summed E-state index contributed by atoms with van der Waals surface area (Å²) in [6.07, 6.45) is 1.51. The van der Waals surface area contributed by atoms with Crippen LogP contribution in [-0.4, -0.2) is 39.5 Å². The van der Waals surface area contributed by atoms with Crippen LogP contribution in [0.25, 0.3) is 0 Å². The number of carbonyl (C=O) groups excluding carboxylic acids is 1. The van der Waals surface area contributed by atoms with Gasteiger partial charge in [0.1, 0.15) is 6.04 Å². The molecule has 1 atom stereocenters. The van der Waals surface area contributed by atoms with Gasteiger partial charge in [-0.15, -0.1) is 0 Å². The number of nitrogens with zero attached hydrogens (tertiary/aromatic N) is 1. The first-order chi connectivity index (χ1) is 13.0. The molecular formula is C19H22BrN3O4. The van der Waals surface area contributed by atoms with Crippen LogP contribution in [0.15, 0.2) is 46.0 Å². The second kappa shape index (κ2) is 9.82. The summed E-state index contributed by atoms with van der Waals surface area (Å²) in [4.78, 5) is 12.2. The molecule has 2 aromatic rings. The summed E-state index contributed by atoms with van der Waals surface area (Å²) < 4.78 is 16.8. The van der Waals surface area contributed by atoms with E-state index in [4.69, 9.17) is 14.2 Å². The van der Waals surface area contributed by atoms with E-state index in [-0.39, 0.29) is 5.91 Å². The van der Waals surface area contributed by atoms with Gasteiger partial charge in [0, 0.05) is 15.7 Å². The van der Waals surface area contributed by atoms with Crippen molar-refractivity contribution in [3.05, 3.63) is 46.4 Å². The van der Waals surface area contributed by atoms with Gasteiger partial charge in [0.25, 0.3) is 5.91 Å². The Hall–Kier alpha value is -2.74. The summed E-state index contributed by atoms with van der Waals surface area (Å²) in [7, 11) is 4.61. The molecule has 144 valence electrons. The van der Waals surface area contributed by atoms with E-state index in [9.17, 15) is 4.79 Å². The van der Waals surface area contributed by atoms with Crippen molar-refractivity contribution in [1.29, 1.82) is 0 Å². The van der Waals surface area contributed by atoms with E-state index in [2.05, 4.69) is 31.8 Å². The van der Waals surface area contributed by atoms with Crippen molar-refractivity contribution in [2.45, 2.75) is 13.0 Å². The number of rotatable bonds is 8. The highest BCUT2D eigenvalue weighted by Crippen LogP contribution is 2.37. The van der Waals surface area contributed by atoms with Gasteiger partial charge < -0.3 is 19.5 Å². The van der Waals surface area contributed by atoms with E-state index in [0.29, 0.717) is 22.8 Å². The predicted octanol–water partition coefficient (Wildman–Crippen LogP) is 3.43. The molecule has 1 amide bonds. The summed E-state index contributed by atoms with van der Waals surface area (Å²) in [5.41, 5.74) is 4.05. The number of hydrazone groups is 1. The van der Waals surface area contributed by atoms with E-state index >= 15 is 0 Å². The molecule has 2 rings (SSSR count). The summed E-state index contributed by atoms with van der Waals surface area (Å²) in [6.45, 7) is 1.76. The zero-order chi connectivity index (χ0) is 19.8. The second-order valence-corrected chi connectivity index (χ2v) is 6.48. The van der Waals surface area contributed by atoms with Crippen molar-refractivity contribution in [1.82, 2.24) is 5.43 Å². The fourth-order valence-electron chi connectivity index (χ4n) is 2.30. The maximum absolute atomic E-state index is 12.2. The standard InChI is InChI=1S/C19H22BrN3O4/c1-12(22-15-7-5-14(20)6-8-15)19(24)23-21-11-13-9-16(25-2)18(27-4)17(10-13)26-3/h5-12,22H,1-4H3,(H,23,24)/b21-11+. The van der Waals surface area contributed by atoms with Crippen LogP contribution < -0.4 is 25.0 Å². The molecule has 0 heterocycles. The number of nitrogens with one attached hydrogen (secondary N) is 2. The van der Waals surface area contributed by atoms with Crippen LogP contribution in [0.2, 0.25) is 0 Å². The quantitative estimate of drug-likeness (QED) is 0.490. The summed E-state index contributed by atoms with van der Waals surface area (Å²) in [5, 5.41) is 7.11. The smallest absolute Gasteiger partial charge is 0.262 e. The van der Waals surface area contributed by atoms with Gasteiger partial charge in [0.05, 0.1) is 27.5 Å². The van der Waals surface area contributed by atoms with Crippen LogP contribution in [0.5, 0.6) is 17.2 Å². The maximum Gasteiger partial charge on any atom is 0.262 e. The van der Waals surface area contributed by atoms with Crippen molar-refractivity contribution in [3.63, 3.8) is 0 Å². The van der Waals surface area contributed by atoms with E-state index < -0.39 is 6.04 Å². The fourth-order valence-corrected chi connectivity index (χ4v) is 2.57. The highest BCUT2D eigenvalue weighted by atomic mass is 79.9. The summed E-state index contributed by atoms with van der Waals surface area (Å²) in [5.74, 6) is 1.25. The lowest BCUT2D eigenvalue weighted by molar-refractivity contribution is -0.121. The fraction of sp³-hybridized carbons (Fsp3) is 0.263. The van der Waals surface area contributed by atoms with Crippen molar-refractivity contribution in [2.24, 2.45) is 5.10 Å². The minimum atomic E-state index is -0.455. The van der Waals surface area contributed by atoms with Crippen molar-refractivity contribution >= 4 is 33.7 Å². The van der Waals surface area contributed by atoms with E-state index in [1.807, 2.05) is 24.3 Å². The van der Waals surface area contributed by atoms with Gasteiger partial charge in [-0.05, 0) is 43.3 Å². The molecule has 0 aliphatic rings. The topological polar surface area (TPSA) is 81.2 Å². The number of amides is 1. The molecule has 0 aliphatic heterocycles. The first-order valence-corrected chi connectivity index (χ1v) is 8.92. The molecule has 0 bridgehead atoms. The molecule has 0 fully saturated rings. The Bertz CT molecular complexity index is 784. The summed E-state index contributed by atoms with van der Waals surface area (Å²) >= 11 is 3.37. The molecule has 8 heteroatoms. The highest BCUT2D eigenvalue weighted by molar-refractivity contribution is 9.10. The molecule has 1 unspecified atom stereocenters. The van der Waals surface area contributed by atoms with Crippen LogP contribution in [0, 0.1) is 0 Å². The number of hydrogen-bond acceptors (Lipinski definition) is 6. The molecule has 7 nitrogen and oxygen atoms in total. The number of halogens is 1. The van der Waals surface area contributed by atoms with Gasteiger partial charge in [0.2, 0.25) is 5.75 Å². The largest absolute Gasteiger partial charge is 0.493 e. The van der Waals surface area contributed by atoms with E-state index in [0.717, 1.165) is 10.2 Å². The SMILES string of the molecule is COc1cc(/C=N/NC(=O)C(C)Nc2ccc(Br)cc2)cc(OC)c1OC. The third kappa shape index (κ3) is 5.62. The van der Waals surface area contributed by atoms with Crippen molar-refractivity contribution in [2.75, 3.05) is 26.6 Å². The first kappa shape index (κ1) is 20.6. The zero-order valence-corrected chi connectivity index (χ0v) is 17.2. The molecule has 0 saturated heterocycles.